The van der Waals surface area contributed by atoms with Gasteiger partial charge in [0.1, 0.15) is 0 Å². The Balaban J connectivity index is 1.95. The monoisotopic (exact) mass is 310 g/mol. The third-order valence-corrected chi connectivity index (χ3v) is 5.03. The van der Waals surface area contributed by atoms with Gasteiger partial charge in [-0.2, -0.15) is 0 Å². The zero-order chi connectivity index (χ0) is 15.2. The average Bonchev–Trinajstić information content (AvgIpc) is 2.92. The molecule has 21 heavy (non-hydrogen) atoms. The Labute approximate surface area is 130 Å². The van der Waals surface area contributed by atoms with E-state index in [9.17, 15) is 4.39 Å². The number of hydrogen-bond donors (Lipinski definition) is 1. The van der Waals surface area contributed by atoms with Gasteiger partial charge in [-0.3, -0.25) is 4.99 Å². The van der Waals surface area contributed by atoms with E-state index in [1.807, 2.05) is 13.0 Å². The Kier molecular flexibility index (Phi) is 5.91. The molecule has 1 aliphatic rings. The minimum Gasteiger partial charge on any atom is -0.491 e. The van der Waals surface area contributed by atoms with Crippen LogP contribution in [0.1, 0.15) is 33.6 Å². The molecule has 0 amide bonds. The molecule has 5 heteroatoms. The fourth-order valence-electron chi connectivity index (χ4n) is 2.49. The zero-order valence-corrected chi connectivity index (χ0v) is 13.7. The van der Waals surface area contributed by atoms with Crippen LogP contribution < -0.4 is 10.1 Å². The molecule has 2 rings (SSSR count). The van der Waals surface area contributed by atoms with Crippen LogP contribution in [0.25, 0.3) is 0 Å². The van der Waals surface area contributed by atoms with E-state index >= 15 is 0 Å². The molecule has 0 radical (unpaired) electrons. The highest BCUT2D eigenvalue weighted by Gasteiger charge is 2.26. The van der Waals surface area contributed by atoms with Gasteiger partial charge in [0.2, 0.25) is 0 Å². The number of aliphatic imine (C=N–C) groups is 1. The second-order valence-electron chi connectivity index (χ2n) is 5.08. The Morgan fingerprint density at radius 1 is 1.38 bits per heavy atom. The van der Waals surface area contributed by atoms with Gasteiger partial charge >= 0.3 is 0 Å². The van der Waals surface area contributed by atoms with Crippen LogP contribution in [0, 0.1) is 11.7 Å². The number of rotatable bonds is 6. The first-order valence-electron chi connectivity index (χ1n) is 7.58. The van der Waals surface area contributed by atoms with Crippen molar-refractivity contribution in [2.24, 2.45) is 10.9 Å². The third-order valence-electron chi connectivity index (χ3n) is 3.74. The zero-order valence-electron chi connectivity index (χ0n) is 12.9. The fourth-order valence-corrected chi connectivity index (χ4v) is 3.83. The highest BCUT2D eigenvalue weighted by atomic mass is 32.2. The summed E-state index contributed by atoms with van der Waals surface area (Å²) in [7, 11) is 0. The van der Waals surface area contributed by atoms with E-state index in [1.54, 1.807) is 17.8 Å². The van der Waals surface area contributed by atoms with Gasteiger partial charge in [-0.1, -0.05) is 38.5 Å². The molecule has 1 aromatic carbocycles. The second-order valence-corrected chi connectivity index (χ2v) is 6.31. The maximum Gasteiger partial charge on any atom is 0.167 e. The Morgan fingerprint density at radius 2 is 2.14 bits per heavy atom. The van der Waals surface area contributed by atoms with Crippen molar-refractivity contribution in [3.05, 3.63) is 24.0 Å². The van der Waals surface area contributed by atoms with Crippen molar-refractivity contribution in [3.63, 3.8) is 0 Å². The van der Waals surface area contributed by atoms with E-state index in [0.29, 0.717) is 29.2 Å². The van der Waals surface area contributed by atoms with Gasteiger partial charge in [0, 0.05) is 17.0 Å². The summed E-state index contributed by atoms with van der Waals surface area (Å²) in [5.74, 6) is 0.635. The highest BCUT2D eigenvalue weighted by molar-refractivity contribution is 8.15. The summed E-state index contributed by atoms with van der Waals surface area (Å²) in [6.07, 6.45) is 2.35. The molecule has 0 fully saturated rings. The maximum atomic E-state index is 13.8. The summed E-state index contributed by atoms with van der Waals surface area (Å²) in [6.45, 7) is 7.60. The van der Waals surface area contributed by atoms with E-state index in [0.717, 1.165) is 11.7 Å². The molecule has 0 saturated carbocycles. The molecule has 1 aromatic rings. The summed E-state index contributed by atoms with van der Waals surface area (Å²) in [5.41, 5.74) is 0.715. The molecule has 0 spiro atoms. The SMILES string of the molecule is CCOc1ccc(NC2=NCC(C(CC)CC)S2)cc1F. The smallest absolute Gasteiger partial charge is 0.167 e. The first kappa shape index (κ1) is 16.1. The molecule has 1 aliphatic heterocycles. The number of anilines is 1. The van der Waals surface area contributed by atoms with E-state index < -0.39 is 0 Å². The number of halogens is 1. The van der Waals surface area contributed by atoms with Crippen molar-refractivity contribution in [1.29, 1.82) is 0 Å². The summed E-state index contributed by atoms with van der Waals surface area (Å²) in [6, 6.07) is 4.93. The van der Waals surface area contributed by atoms with Crippen molar-refractivity contribution < 1.29 is 9.13 Å². The lowest BCUT2D eigenvalue weighted by Crippen LogP contribution is -2.17. The molecule has 1 unspecified atom stereocenters. The molecule has 0 bridgehead atoms. The van der Waals surface area contributed by atoms with Crippen molar-refractivity contribution >= 4 is 22.6 Å². The highest BCUT2D eigenvalue weighted by Crippen LogP contribution is 2.32. The normalized spacial score (nSPS) is 18.0. The van der Waals surface area contributed by atoms with Gasteiger partial charge < -0.3 is 10.1 Å². The summed E-state index contributed by atoms with van der Waals surface area (Å²) >= 11 is 1.77. The number of hydrogen-bond acceptors (Lipinski definition) is 4. The Morgan fingerprint density at radius 3 is 2.76 bits per heavy atom. The molecular formula is C16H23FN2OS. The van der Waals surface area contributed by atoms with Gasteiger partial charge in [0.05, 0.1) is 13.2 Å². The van der Waals surface area contributed by atoms with Crippen LogP contribution in [0.2, 0.25) is 0 Å². The van der Waals surface area contributed by atoms with E-state index in [-0.39, 0.29) is 5.82 Å². The quantitative estimate of drug-likeness (QED) is 0.837. The molecule has 116 valence electrons. The summed E-state index contributed by atoms with van der Waals surface area (Å²) in [4.78, 5) is 4.53. The third kappa shape index (κ3) is 4.13. The lowest BCUT2D eigenvalue weighted by Gasteiger charge is -2.18. The number of amidine groups is 1. The number of nitrogens with one attached hydrogen (secondary N) is 1. The van der Waals surface area contributed by atoms with Crippen molar-refractivity contribution in [2.45, 2.75) is 38.9 Å². The molecular weight excluding hydrogens is 287 g/mol. The largest absolute Gasteiger partial charge is 0.491 e. The number of thioether (sulfide) groups is 1. The first-order valence-corrected chi connectivity index (χ1v) is 8.46. The average molecular weight is 310 g/mol. The predicted octanol–water partition coefficient (Wildman–Crippen LogP) is 4.54. The van der Waals surface area contributed by atoms with E-state index in [4.69, 9.17) is 4.74 Å². The molecule has 1 heterocycles. The topological polar surface area (TPSA) is 33.6 Å². The molecule has 0 aliphatic carbocycles. The van der Waals surface area contributed by atoms with Crippen LogP contribution in [0.15, 0.2) is 23.2 Å². The lowest BCUT2D eigenvalue weighted by molar-refractivity contribution is 0.321. The molecule has 1 N–H and O–H groups in total. The minimum absolute atomic E-state index is 0.291. The predicted molar refractivity (Wildman–Crippen MR) is 88.9 cm³/mol. The van der Waals surface area contributed by atoms with E-state index in [1.165, 1.54) is 18.9 Å². The number of nitrogens with zero attached hydrogens (tertiary/aromatic N) is 1. The summed E-state index contributed by atoms with van der Waals surface area (Å²) < 4.78 is 19.0. The van der Waals surface area contributed by atoms with Gasteiger partial charge in [-0.05, 0) is 25.0 Å². The standard InChI is InChI=1S/C16H23FN2OS/c1-4-11(5-2)15-10-18-16(21-15)19-12-7-8-14(20-6-3)13(17)9-12/h7-9,11,15H,4-6,10H2,1-3H3,(H,18,19). The number of ether oxygens (including phenoxy) is 1. The summed E-state index contributed by atoms with van der Waals surface area (Å²) in [5, 5.41) is 4.62. The Hall–Kier alpha value is -1.23. The minimum atomic E-state index is -0.345. The van der Waals surface area contributed by atoms with Gasteiger partial charge in [-0.15, -0.1) is 0 Å². The van der Waals surface area contributed by atoms with Crippen LogP contribution in [0.5, 0.6) is 5.75 Å². The Bertz CT molecular complexity index is 503. The van der Waals surface area contributed by atoms with Gasteiger partial charge in [0.15, 0.2) is 16.7 Å². The second kappa shape index (κ2) is 7.69. The number of benzene rings is 1. The van der Waals surface area contributed by atoms with E-state index in [2.05, 4.69) is 24.2 Å². The van der Waals surface area contributed by atoms with Crippen LogP contribution >= 0.6 is 11.8 Å². The lowest BCUT2D eigenvalue weighted by atomic mass is 9.99. The van der Waals surface area contributed by atoms with Crippen LogP contribution in [-0.4, -0.2) is 23.6 Å². The molecule has 3 nitrogen and oxygen atoms in total. The molecule has 0 aromatic heterocycles. The first-order chi connectivity index (χ1) is 10.2. The van der Waals surface area contributed by atoms with Crippen LogP contribution in [0.4, 0.5) is 10.1 Å². The van der Waals surface area contributed by atoms with Crippen LogP contribution in [0.3, 0.4) is 0 Å². The molecule has 0 saturated heterocycles. The van der Waals surface area contributed by atoms with Gasteiger partial charge in [0.25, 0.3) is 0 Å². The van der Waals surface area contributed by atoms with Gasteiger partial charge in [-0.25, -0.2) is 4.39 Å². The van der Waals surface area contributed by atoms with Crippen LogP contribution in [-0.2, 0) is 0 Å². The van der Waals surface area contributed by atoms with Crippen molar-refractivity contribution in [2.75, 3.05) is 18.5 Å². The molecule has 1 atom stereocenters. The van der Waals surface area contributed by atoms with Crippen molar-refractivity contribution in [3.8, 4) is 5.75 Å². The maximum absolute atomic E-state index is 13.8. The fraction of sp³-hybridized carbons (Fsp3) is 0.562. The van der Waals surface area contributed by atoms with Crippen molar-refractivity contribution in [1.82, 2.24) is 0 Å².